The van der Waals surface area contributed by atoms with Crippen molar-refractivity contribution in [2.45, 2.75) is 19.4 Å². The maximum absolute atomic E-state index is 12.9. The number of Topliss-reactive ketones (excluding diaryl/α,β-unsaturated/α-hetero) is 1. The summed E-state index contributed by atoms with van der Waals surface area (Å²) >= 11 is 0. The van der Waals surface area contributed by atoms with Crippen LogP contribution in [0.3, 0.4) is 0 Å². The largest absolute Gasteiger partial charge is 0.507 e. The van der Waals surface area contributed by atoms with Crippen LogP contribution in [0.4, 0.5) is 0 Å². The molecule has 0 bridgehead atoms. The number of aryl methyl sites for hydroxylation is 1. The van der Waals surface area contributed by atoms with E-state index in [9.17, 15) is 14.7 Å². The van der Waals surface area contributed by atoms with Crippen LogP contribution in [0.2, 0.25) is 0 Å². The minimum Gasteiger partial charge on any atom is -0.507 e. The van der Waals surface area contributed by atoms with Gasteiger partial charge in [0.15, 0.2) is 0 Å². The molecule has 1 aromatic carbocycles. The molecule has 0 saturated carbocycles. The van der Waals surface area contributed by atoms with Crippen LogP contribution in [-0.2, 0) is 14.3 Å². The van der Waals surface area contributed by atoms with Gasteiger partial charge in [0.05, 0.1) is 25.1 Å². The van der Waals surface area contributed by atoms with Crippen LogP contribution in [0.25, 0.3) is 5.76 Å². The fourth-order valence-electron chi connectivity index (χ4n) is 4.01. The lowest BCUT2D eigenvalue weighted by molar-refractivity contribution is -0.140. The van der Waals surface area contributed by atoms with Crippen molar-refractivity contribution >= 4 is 17.4 Å². The first-order valence-electron chi connectivity index (χ1n) is 10.2. The number of likely N-dealkylation sites (tertiary alicyclic amines) is 1. The predicted octanol–water partition coefficient (Wildman–Crippen LogP) is 2.73. The molecular weight excluding hydrogens is 384 g/mol. The molecule has 2 aliphatic heterocycles. The van der Waals surface area contributed by atoms with Crippen LogP contribution in [0.1, 0.15) is 29.3 Å². The molecule has 0 spiro atoms. The lowest BCUT2D eigenvalue weighted by Gasteiger charge is -2.28. The number of benzene rings is 1. The summed E-state index contributed by atoms with van der Waals surface area (Å²) in [5, 5.41) is 10.9. The first-order chi connectivity index (χ1) is 14.6. The number of morpholine rings is 1. The van der Waals surface area contributed by atoms with Gasteiger partial charge < -0.3 is 19.2 Å². The topological polar surface area (TPSA) is 83.2 Å². The Labute approximate surface area is 175 Å². The number of aliphatic hydroxyl groups excluding tert-OH is 1. The molecule has 2 saturated heterocycles. The molecule has 158 valence electrons. The quantitative estimate of drug-likeness (QED) is 0.448. The van der Waals surface area contributed by atoms with Crippen molar-refractivity contribution < 1.29 is 23.8 Å². The third-order valence-corrected chi connectivity index (χ3v) is 5.65. The lowest BCUT2D eigenvalue weighted by atomic mass is 9.99. The Kier molecular flexibility index (Phi) is 6.01. The molecule has 2 fully saturated rings. The Morgan fingerprint density at radius 3 is 2.50 bits per heavy atom. The number of rotatable bonds is 6. The molecule has 7 heteroatoms. The van der Waals surface area contributed by atoms with Gasteiger partial charge >= 0.3 is 0 Å². The average Bonchev–Trinajstić information content (AvgIpc) is 3.37. The van der Waals surface area contributed by atoms with Crippen LogP contribution in [0, 0.1) is 6.92 Å². The minimum absolute atomic E-state index is 0.0742. The Morgan fingerprint density at radius 2 is 1.83 bits per heavy atom. The molecule has 0 unspecified atom stereocenters. The van der Waals surface area contributed by atoms with Gasteiger partial charge in [0.25, 0.3) is 11.7 Å². The van der Waals surface area contributed by atoms with Gasteiger partial charge in [-0.05, 0) is 25.5 Å². The van der Waals surface area contributed by atoms with Crippen LogP contribution >= 0.6 is 0 Å². The molecule has 1 amide bonds. The van der Waals surface area contributed by atoms with Gasteiger partial charge in [-0.2, -0.15) is 0 Å². The van der Waals surface area contributed by atoms with E-state index < -0.39 is 17.7 Å². The van der Waals surface area contributed by atoms with Crippen molar-refractivity contribution in [2.24, 2.45) is 0 Å². The van der Waals surface area contributed by atoms with Crippen molar-refractivity contribution in [2.75, 3.05) is 39.4 Å². The zero-order valence-electron chi connectivity index (χ0n) is 17.0. The normalized spacial score (nSPS) is 22.0. The average molecular weight is 410 g/mol. The van der Waals surface area contributed by atoms with Crippen LogP contribution in [0.15, 0.2) is 52.7 Å². The number of furan rings is 1. The fourth-order valence-corrected chi connectivity index (χ4v) is 4.01. The summed E-state index contributed by atoms with van der Waals surface area (Å²) in [6.07, 6.45) is 2.23. The second-order valence-electron chi connectivity index (χ2n) is 7.68. The van der Waals surface area contributed by atoms with E-state index in [2.05, 4.69) is 4.90 Å². The minimum atomic E-state index is -0.731. The highest BCUT2D eigenvalue weighted by molar-refractivity contribution is 6.46. The summed E-state index contributed by atoms with van der Waals surface area (Å²) in [7, 11) is 0. The molecule has 0 radical (unpaired) electrons. The third-order valence-electron chi connectivity index (χ3n) is 5.65. The summed E-state index contributed by atoms with van der Waals surface area (Å²) in [6.45, 7) is 6.33. The van der Waals surface area contributed by atoms with Gasteiger partial charge in [0, 0.05) is 31.7 Å². The number of carbonyl (C=O) groups is 2. The Morgan fingerprint density at radius 1 is 1.10 bits per heavy atom. The number of hydrogen-bond donors (Lipinski definition) is 1. The van der Waals surface area contributed by atoms with Crippen molar-refractivity contribution in [1.82, 2.24) is 9.80 Å². The lowest BCUT2D eigenvalue weighted by Crippen LogP contribution is -2.38. The zero-order chi connectivity index (χ0) is 21.1. The molecular formula is C23H26N2O5. The summed E-state index contributed by atoms with van der Waals surface area (Å²) in [4.78, 5) is 29.5. The van der Waals surface area contributed by atoms with Crippen molar-refractivity contribution in [3.63, 3.8) is 0 Å². The maximum atomic E-state index is 12.9. The number of amides is 1. The molecule has 30 heavy (non-hydrogen) atoms. The van der Waals surface area contributed by atoms with Gasteiger partial charge in [-0.15, -0.1) is 0 Å². The van der Waals surface area contributed by atoms with Gasteiger partial charge in [-0.3, -0.25) is 14.5 Å². The number of aliphatic hydroxyl groups is 1. The fraction of sp³-hybridized carbons (Fsp3) is 0.391. The molecule has 0 aliphatic carbocycles. The summed E-state index contributed by atoms with van der Waals surface area (Å²) in [5.41, 5.74) is 1.62. The Balaban J connectivity index is 1.61. The smallest absolute Gasteiger partial charge is 0.295 e. The van der Waals surface area contributed by atoms with E-state index in [0.29, 0.717) is 31.1 Å². The standard InChI is InChI=1S/C23H26N2O5/c1-16-5-7-17(8-6-16)21(26)19-20(18-4-2-13-30-18)25(23(28)22(19)27)10-3-9-24-11-14-29-15-12-24/h2,4-8,13,20,26H,3,9-12,14-15H2,1H3/b21-19+/t20-/m0/s1. The van der Waals surface area contributed by atoms with Gasteiger partial charge in [-0.25, -0.2) is 0 Å². The second kappa shape index (κ2) is 8.85. The summed E-state index contributed by atoms with van der Waals surface area (Å²) < 4.78 is 10.9. The second-order valence-corrected chi connectivity index (χ2v) is 7.68. The number of carbonyl (C=O) groups excluding carboxylic acids is 2. The van der Waals surface area contributed by atoms with E-state index in [1.807, 2.05) is 19.1 Å². The monoisotopic (exact) mass is 410 g/mol. The highest BCUT2D eigenvalue weighted by Crippen LogP contribution is 2.39. The molecule has 2 aliphatic rings. The van der Waals surface area contributed by atoms with Gasteiger partial charge in [0.1, 0.15) is 17.6 Å². The van der Waals surface area contributed by atoms with Gasteiger partial charge in [0.2, 0.25) is 0 Å². The van der Waals surface area contributed by atoms with Gasteiger partial charge in [-0.1, -0.05) is 29.8 Å². The van der Waals surface area contributed by atoms with E-state index >= 15 is 0 Å². The SMILES string of the molecule is Cc1ccc(/C(O)=C2\C(=O)C(=O)N(CCCN3CCOCC3)[C@H]2c2ccco2)cc1. The molecule has 1 N–H and O–H groups in total. The van der Waals surface area contributed by atoms with E-state index in [4.69, 9.17) is 9.15 Å². The van der Waals surface area contributed by atoms with E-state index in [0.717, 1.165) is 31.6 Å². The highest BCUT2D eigenvalue weighted by Gasteiger charge is 2.47. The molecule has 1 atom stereocenters. The summed E-state index contributed by atoms with van der Waals surface area (Å²) in [6, 6.07) is 9.92. The number of nitrogens with zero attached hydrogens (tertiary/aromatic N) is 2. The van der Waals surface area contributed by atoms with Crippen LogP contribution in [-0.4, -0.2) is 66.0 Å². The third kappa shape index (κ3) is 4.04. The molecule has 4 rings (SSSR count). The first kappa shape index (κ1) is 20.4. The number of ketones is 1. The van der Waals surface area contributed by atoms with Crippen LogP contribution in [0.5, 0.6) is 0 Å². The Bertz CT molecular complexity index is 927. The molecule has 1 aromatic heterocycles. The zero-order valence-corrected chi connectivity index (χ0v) is 17.0. The van der Waals surface area contributed by atoms with Crippen molar-refractivity contribution in [3.05, 3.63) is 65.1 Å². The highest BCUT2D eigenvalue weighted by atomic mass is 16.5. The van der Waals surface area contributed by atoms with Crippen molar-refractivity contribution in [3.8, 4) is 0 Å². The number of hydrogen-bond acceptors (Lipinski definition) is 6. The first-order valence-corrected chi connectivity index (χ1v) is 10.2. The maximum Gasteiger partial charge on any atom is 0.295 e. The molecule has 3 heterocycles. The number of ether oxygens (including phenoxy) is 1. The molecule has 7 nitrogen and oxygen atoms in total. The van der Waals surface area contributed by atoms with E-state index in [-0.39, 0.29) is 11.3 Å². The summed E-state index contributed by atoms with van der Waals surface area (Å²) in [5.74, 6) is -0.993. The van der Waals surface area contributed by atoms with Crippen molar-refractivity contribution in [1.29, 1.82) is 0 Å². The molecule has 2 aromatic rings. The predicted molar refractivity (Wildman–Crippen MR) is 111 cm³/mol. The van der Waals surface area contributed by atoms with E-state index in [1.54, 1.807) is 24.3 Å². The van der Waals surface area contributed by atoms with E-state index in [1.165, 1.54) is 11.2 Å². The Hall–Kier alpha value is -2.90. The van der Waals surface area contributed by atoms with Crippen LogP contribution < -0.4 is 0 Å².